The standard InChI is InChI=1S/C15H33N3/c1-12(8-16-15(3,4)5)9-18-10-13(2)14(11-18)17(6)7/h12-14,16H,8-11H2,1-7H3. The van der Waals surface area contributed by atoms with Crippen LogP contribution < -0.4 is 5.32 Å². The Hall–Kier alpha value is -0.120. The molecule has 1 rings (SSSR count). The molecule has 3 atom stereocenters. The van der Waals surface area contributed by atoms with E-state index in [1.165, 1.54) is 19.6 Å². The predicted octanol–water partition coefficient (Wildman–Crippen LogP) is 1.89. The topological polar surface area (TPSA) is 18.5 Å². The van der Waals surface area contributed by atoms with E-state index in [4.69, 9.17) is 0 Å². The molecule has 0 aromatic rings. The second-order valence-electron chi connectivity index (χ2n) is 7.46. The first kappa shape index (κ1) is 15.9. The highest BCUT2D eigenvalue weighted by Gasteiger charge is 2.31. The molecule has 3 heteroatoms. The molecule has 0 radical (unpaired) electrons. The molecule has 3 nitrogen and oxygen atoms in total. The molecule has 1 saturated heterocycles. The summed E-state index contributed by atoms with van der Waals surface area (Å²) in [5.41, 5.74) is 0.235. The fraction of sp³-hybridized carbons (Fsp3) is 1.00. The van der Waals surface area contributed by atoms with Gasteiger partial charge < -0.3 is 15.1 Å². The highest BCUT2D eigenvalue weighted by Crippen LogP contribution is 2.20. The number of likely N-dealkylation sites (N-methyl/N-ethyl adjacent to an activating group) is 1. The molecule has 1 heterocycles. The number of hydrogen-bond donors (Lipinski definition) is 1. The lowest BCUT2D eigenvalue weighted by molar-refractivity contribution is 0.235. The van der Waals surface area contributed by atoms with E-state index in [1.807, 2.05) is 0 Å². The van der Waals surface area contributed by atoms with Gasteiger partial charge in [0.2, 0.25) is 0 Å². The van der Waals surface area contributed by atoms with E-state index in [0.29, 0.717) is 0 Å². The van der Waals surface area contributed by atoms with Crippen molar-refractivity contribution in [1.29, 1.82) is 0 Å². The van der Waals surface area contributed by atoms with Gasteiger partial charge in [-0.2, -0.15) is 0 Å². The highest BCUT2D eigenvalue weighted by atomic mass is 15.2. The van der Waals surface area contributed by atoms with E-state index in [9.17, 15) is 0 Å². The number of rotatable bonds is 5. The van der Waals surface area contributed by atoms with Crippen molar-refractivity contribution in [2.75, 3.05) is 40.3 Å². The molecule has 0 aromatic carbocycles. The Morgan fingerprint density at radius 1 is 1.28 bits per heavy atom. The van der Waals surface area contributed by atoms with Crippen LogP contribution in [0.5, 0.6) is 0 Å². The molecule has 1 aliphatic heterocycles. The maximum absolute atomic E-state index is 3.60. The highest BCUT2D eigenvalue weighted by molar-refractivity contribution is 4.87. The van der Waals surface area contributed by atoms with E-state index in [-0.39, 0.29) is 5.54 Å². The Balaban J connectivity index is 2.31. The van der Waals surface area contributed by atoms with Crippen LogP contribution in [-0.4, -0.2) is 61.7 Å². The molecule has 1 N–H and O–H groups in total. The van der Waals surface area contributed by atoms with Crippen molar-refractivity contribution in [2.45, 2.75) is 46.2 Å². The molecule has 1 fully saturated rings. The Bertz CT molecular complexity index is 245. The lowest BCUT2D eigenvalue weighted by Crippen LogP contribution is -2.41. The fourth-order valence-corrected chi connectivity index (χ4v) is 2.86. The minimum absolute atomic E-state index is 0.235. The van der Waals surface area contributed by atoms with Gasteiger partial charge in [0.15, 0.2) is 0 Å². The van der Waals surface area contributed by atoms with Crippen molar-refractivity contribution in [1.82, 2.24) is 15.1 Å². The molecule has 0 aromatic heterocycles. The minimum Gasteiger partial charge on any atom is -0.312 e. The van der Waals surface area contributed by atoms with Crippen LogP contribution in [0.25, 0.3) is 0 Å². The summed E-state index contributed by atoms with van der Waals surface area (Å²) in [7, 11) is 4.41. The molecule has 108 valence electrons. The number of nitrogens with zero attached hydrogens (tertiary/aromatic N) is 2. The normalized spacial score (nSPS) is 28.0. The van der Waals surface area contributed by atoms with Gasteiger partial charge in [-0.05, 0) is 53.2 Å². The molecule has 1 aliphatic rings. The molecule has 18 heavy (non-hydrogen) atoms. The molecule has 0 amide bonds. The summed E-state index contributed by atoms with van der Waals surface area (Å²) in [6, 6.07) is 0.729. The van der Waals surface area contributed by atoms with Crippen molar-refractivity contribution in [3.8, 4) is 0 Å². The van der Waals surface area contributed by atoms with Gasteiger partial charge in [-0.3, -0.25) is 0 Å². The van der Waals surface area contributed by atoms with E-state index < -0.39 is 0 Å². The maximum atomic E-state index is 3.60. The monoisotopic (exact) mass is 255 g/mol. The predicted molar refractivity (Wildman–Crippen MR) is 80.0 cm³/mol. The van der Waals surface area contributed by atoms with Crippen LogP contribution in [-0.2, 0) is 0 Å². The first-order valence-electron chi connectivity index (χ1n) is 7.33. The van der Waals surface area contributed by atoms with Crippen LogP contribution in [0.3, 0.4) is 0 Å². The summed E-state index contributed by atoms with van der Waals surface area (Å²) in [6.45, 7) is 16.3. The molecule has 0 spiro atoms. The zero-order valence-electron chi connectivity index (χ0n) is 13.5. The second-order valence-corrected chi connectivity index (χ2v) is 7.46. The van der Waals surface area contributed by atoms with Gasteiger partial charge in [0, 0.05) is 31.2 Å². The Kier molecular flexibility index (Phi) is 5.63. The Morgan fingerprint density at radius 3 is 2.33 bits per heavy atom. The van der Waals surface area contributed by atoms with Crippen LogP contribution in [0.4, 0.5) is 0 Å². The minimum atomic E-state index is 0.235. The summed E-state index contributed by atoms with van der Waals surface area (Å²) in [4.78, 5) is 5.01. The van der Waals surface area contributed by atoms with Gasteiger partial charge in [0.1, 0.15) is 0 Å². The van der Waals surface area contributed by atoms with Gasteiger partial charge in [0.05, 0.1) is 0 Å². The van der Waals surface area contributed by atoms with Gasteiger partial charge in [0.25, 0.3) is 0 Å². The molecular weight excluding hydrogens is 222 g/mol. The number of hydrogen-bond acceptors (Lipinski definition) is 3. The second kappa shape index (κ2) is 6.36. The summed E-state index contributed by atoms with van der Waals surface area (Å²) in [5, 5.41) is 3.60. The zero-order valence-corrected chi connectivity index (χ0v) is 13.5. The largest absolute Gasteiger partial charge is 0.312 e. The molecular formula is C15H33N3. The summed E-state index contributed by atoms with van der Waals surface area (Å²) >= 11 is 0. The van der Waals surface area contributed by atoms with Gasteiger partial charge in [-0.25, -0.2) is 0 Å². The SMILES string of the molecule is CC(CNC(C)(C)C)CN1CC(C)C(N(C)C)C1. The van der Waals surface area contributed by atoms with Gasteiger partial charge in [-0.15, -0.1) is 0 Å². The smallest absolute Gasteiger partial charge is 0.0254 e. The summed E-state index contributed by atoms with van der Waals surface area (Å²) in [5.74, 6) is 1.51. The number of nitrogens with one attached hydrogen (secondary N) is 1. The first-order chi connectivity index (χ1) is 8.19. The Labute approximate surface area is 114 Å². The summed E-state index contributed by atoms with van der Waals surface area (Å²) in [6.07, 6.45) is 0. The lowest BCUT2D eigenvalue weighted by atomic mass is 10.1. The van der Waals surface area contributed by atoms with Gasteiger partial charge >= 0.3 is 0 Å². The van der Waals surface area contributed by atoms with Crippen molar-refractivity contribution in [2.24, 2.45) is 11.8 Å². The van der Waals surface area contributed by atoms with E-state index >= 15 is 0 Å². The van der Waals surface area contributed by atoms with Gasteiger partial charge in [-0.1, -0.05) is 13.8 Å². The molecule has 3 unspecified atom stereocenters. The molecule has 0 saturated carbocycles. The summed E-state index contributed by atoms with van der Waals surface area (Å²) < 4.78 is 0. The average Bonchev–Trinajstić information content (AvgIpc) is 2.55. The quantitative estimate of drug-likeness (QED) is 0.809. The van der Waals surface area contributed by atoms with Crippen LogP contribution in [0.15, 0.2) is 0 Å². The van der Waals surface area contributed by atoms with Crippen molar-refractivity contribution < 1.29 is 0 Å². The van der Waals surface area contributed by atoms with Crippen LogP contribution >= 0.6 is 0 Å². The number of likely N-dealkylation sites (tertiary alicyclic amines) is 1. The lowest BCUT2D eigenvalue weighted by Gasteiger charge is -2.26. The van der Waals surface area contributed by atoms with Crippen molar-refractivity contribution >= 4 is 0 Å². The van der Waals surface area contributed by atoms with E-state index in [1.54, 1.807) is 0 Å². The van der Waals surface area contributed by atoms with Crippen LogP contribution in [0.2, 0.25) is 0 Å². The van der Waals surface area contributed by atoms with E-state index in [0.717, 1.165) is 24.4 Å². The molecule has 0 aliphatic carbocycles. The van der Waals surface area contributed by atoms with Crippen molar-refractivity contribution in [3.63, 3.8) is 0 Å². The first-order valence-corrected chi connectivity index (χ1v) is 7.33. The zero-order chi connectivity index (χ0) is 13.9. The van der Waals surface area contributed by atoms with Crippen LogP contribution in [0, 0.1) is 11.8 Å². The molecule has 0 bridgehead atoms. The third kappa shape index (κ3) is 5.25. The average molecular weight is 255 g/mol. The third-order valence-electron chi connectivity index (χ3n) is 3.86. The maximum Gasteiger partial charge on any atom is 0.0254 e. The third-order valence-corrected chi connectivity index (χ3v) is 3.86. The van der Waals surface area contributed by atoms with E-state index in [2.05, 4.69) is 63.8 Å². The fourth-order valence-electron chi connectivity index (χ4n) is 2.86. The Morgan fingerprint density at radius 2 is 1.89 bits per heavy atom. The van der Waals surface area contributed by atoms with Crippen molar-refractivity contribution in [3.05, 3.63) is 0 Å². The van der Waals surface area contributed by atoms with Crippen LogP contribution in [0.1, 0.15) is 34.6 Å².